The first kappa shape index (κ1) is 27.0. The third kappa shape index (κ3) is 26.1. The third-order valence-corrected chi connectivity index (χ3v) is 4.31. The maximum atomic E-state index is 7.75. The lowest BCUT2D eigenvalue weighted by Crippen LogP contribution is -2.29. The topological polar surface area (TPSA) is 102 Å². The summed E-state index contributed by atoms with van der Waals surface area (Å²) in [4.78, 5) is 2.55. The number of rotatable bonds is 18. The first-order chi connectivity index (χ1) is 12.3. The van der Waals surface area contributed by atoms with Crippen LogP contribution in [0, 0.1) is 0 Å². The summed E-state index contributed by atoms with van der Waals surface area (Å²) in [5, 5.41) is 7.75. The quantitative estimate of drug-likeness (QED) is 0.282. The smallest absolute Gasteiger partial charge is 0.0553 e. The van der Waals surface area contributed by atoms with Crippen LogP contribution in [0.25, 0.3) is 0 Å². The SMILES string of the molecule is CCCCCCCCCCCCN(CCCN)CCCN.NCCO. The van der Waals surface area contributed by atoms with E-state index in [4.69, 9.17) is 22.3 Å². The van der Waals surface area contributed by atoms with Gasteiger partial charge in [-0.2, -0.15) is 0 Å². The largest absolute Gasteiger partial charge is 0.395 e. The lowest BCUT2D eigenvalue weighted by molar-refractivity contribution is 0.263. The minimum atomic E-state index is 0.0972. The Morgan fingerprint density at radius 1 is 0.560 bits per heavy atom. The van der Waals surface area contributed by atoms with E-state index in [0.717, 1.165) is 39.0 Å². The zero-order valence-corrected chi connectivity index (χ0v) is 17.1. The maximum Gasteiger partial charge on any atom is 0.0553 e. The average Bonchev–Trinajstić information content (AvgIpc) is 2.65. The molecule has 0 aromatic heterocycles. The van der Waals surface area contributed by atoms with E-state index in [0.29, 0.717) is 6.54 Å². The molecular weight excluding hydrogens is 312 g/mol. The van der Waals surface area contributed by atoms with Crippen LogP contribution in [0.4, 0.5) is 0 Å². The molecule has 0 amide bonds. The average molecular weight is 361 g/mol. The molecule has 0 aromatic carbocycles. The van der Waals surface area contributed by atoms with Gasteiger partial charge in [0, 0.05) is 6.54 Å². The number of unbranched alkanes of at least 4 members (excludes halogenated alkanes) is 9. The Kier molecular flexibility index (Phi) is 28.1. The van der Waals surface area contributed by atoms with Crippen molar-refractivity contribution >= 4 is 0 Å². The summed E-state index contributed by atoms with van der Waals surface area (Å²) in [5.74, 6) is 0. The molecule has 0 aliphatic heterocycles. The normalized spacial score (nSPS) is 10.8. The van der Waals surface area contributed by atoms with Crippen molar-refractivity contribution in [1.29, 1.82) is 0 Å². The van der Waals surface area contributed by atoms with Crippen LogP contribution in [0.5, 0.6) is 0 Å². The van der Waals surface area contributed by atoms with Gasteiger partial charge in [-0.15, -0.1) is 0 Å². The Morgan fingerprint density at radius 2 is 0.920 bits per heavy atom. The van der Waals surface area contributed by atoms with Crippen LogP contribution in [0.3, 0.4) is 0 Å². The van der Waals surface area contributed by atoms with E-state index in [1.165, 1.54) is 70.8 Å². The number of aliphatic hydroxyl groups excluding tert-OH is 1. The molecule has 0 radical (unpaired) electrons. The third-order valence-electron chi connectivity index (χ3n) is 4.31. The molecule has 0 aliphatic carbocycles. The summed E-state index contributed by atoms with van der Waals surface area (Å²) in [6.07, 6.45) is 16.3. The number of aliphatic hydroxyl groups is 1. The first-order valence-corrected chi connectivity index (χ1v) is 10.7. The van der Waals surface area contributed by atoms with Gasteiger partial charge >= 0.3 is 0 Å². The fraction of sp³-hybridized carbons (Fsp3) is 1.00. The van der Waals surface area contributed by atoms with Gasteiger partial charge < -0.3 is 27.2 Å². The van der Waals surface area contributed by atoms with Gasteiger partial charge in [-0.25, -0.2) is 0 Å². The maximum absolute atomic E-state index is 7.75. The van der Waals surface area contributed by atoms with Crippen molar-refractivity contribution < 1.29 is 5.11 Å². The Bertz CT molecular complexity index is 208. The van der Waals surface area contributed by atoms with E-state index in [9.17, 15) is 0 Å². The van der Waals surface area contributed by atoms with Crippen molar-refractivity contribution in [3.63, 3.8) is 0 Å². The van der Waals surface area contributed by atoms with Crippen molar-refractivity contribution in [3.05, 3.63) is 0 Å². The molecule has 5 nitrogen and oxygen atoms in total. The fourth-order valence-electron chi connectivity index (χ4n) is 2.79. The predicted molar refractivity (Wildman–Crippen MR) is 112 cm³/mol. The van der Waals surface area contributed by atoms with E-state index in [-0.39, 0.29) is 6.61 Å². The standard InChI is InChI=1S/C18H41N3.C2H7NO/c1-2-3-4-5-6-7-8-9-10-11-16-21(17-12-14-19)18-13-15-20;3-1-2-4/h2-20H2,1H3;4H,1-3H2. The molecule has 0 rings (SSSR count). The van der Waals surface area contributed by atoms with E-state index >= 15 is 0 Å². The summed E-state index contributed by atoms with van der Waals surface area (Å²) < 4.78 is 0. The van der Waals surface area contributed by atoms with Gasteiger partial charge in [0.25, 0.3) is 0 Å². The van der Waals surface area contributed by atoms with Crippen LogP contribution < -0.4 is 17.2 Å². The van der Waals surface area contributed by atoms with Crippen LogP contribution >= 0.6 is 0 Å². The molecule has 0 saturated carbocycles. The lowest BCUT2D eigenvalue weighted by atomic mass is 10.1. The van der Waals surface area contributed by atoms with E-state index in [1.54, 1.807) is 0 Å². The first-order valence-electron chi connectivity index (χ1n) is 10.7. The number of hydrogen-bond donors (Lipinski definition) is 4. The summed E-state index contributed by atoms with van der Waals surface area (Å²) in [6.45, 7) is 7.89. The minimum absolute atomic E-state index is 0.0972. The molecule has 0 bridgehead atoms. The Hall–Kier alpha value is -0.200. The van der Waals surface area contributed by atoms with Gasteiger partial charge in [-0.1, -0.05) is 64.7 Å². The van der Waals surface area contributed by atoms with E-state index < -0.39 is 0 Å². The molecule has 5 heteroatoms. The van der Waals surface area contributed by atoms with Crippen LogP contribution in [-0.2, 0) is 0 Å². The second-order valence-corrected chi connectivity index (χ2v) is 6.82. The zero-order valence-electron chi connectivity index (χ0n) is 17.1. The Morgan fingerprint density at radius 3 is 1.28 bits per heavy atom. The van der Waals surface area contributed by atoms with E-state index in [1.807, 2.05) is 0 Å². The van der Waals surface area contributed by atoms with Gasteiger partial charge in [0.15, 0.2) is 0 Å². The van der Waals surface area contributed by atoms with Gasteiger partial charge in [0.05, 0.1) is 6.61 Å². The molecule has 7 N–H and O–H groups in total. The summed E-state index contributed by atoms with van der Waals surface area (Å²) in [6, 6.07) is 0. The lowest BCUT2D eigenvalue weighted by Gasteiger charge is -2.21. The second kappa shape index (κ2) is 26.0. The monoisotopic (exact) mass is 360 g/mol. The molecule has 25 heavy (non-hydrogen) atoms. The highest BCUT2D eigenvalue weighted by molar-refractivity contribution is 4.60. The summed E-state index contributed by atoms with van der Waals surface area (Å²) in [7, 11) is 0. The number of nitrogens with two attached hydrogens (primary N) is 3. The van der Waals surface area contributed by atoms with Crippen LogP contribution in [0.2, 0.25) is 0 Å². The predicted octanol–water partition coefficient (Wildman–Crippen LogP) is 2.84. The van der Waals surface area contributed by atoms with Gasteiger partial charge in [0.1, 0.15) is 0 Å². The molecule has 0 fully saturated rings. The van der Waals surface area contributed by atoms with Gasteiger partial charge in [-0.3, -0.25) is 0 Å². The molecule has 154 valence electrons. The molecule has 0 spiro atoms. The van der Waals surface area contributed by atoms with Crippen molar-refractivity contribution in [2.45, 2.75) is 84.0 Å². The molecule has 0 unspecified atom stereocenters. The van der Waals surface area contributed by atoms with Crippen molar-refractivity contribution in [2.75, 3.05) is 45.9 Å². The van der Waals surface area contributed by atoms with Crippen LogP contribution in [0.15, 0.2) is 0 Å². The highest BCUT2D eigenvalue weighted by atomic mass is 16.3. The highest BCUT2D eigenvalue weighted by Crippen LogP contribution is 2.11. The van der Waals surface area contributed by atoms with Crippen molar-refractivity contribution in [3.8, 4) is 0 Å². The van der Waals surface area contributed by atoms with Gasteiger partial charge in [0.2, 0.25) is 0 Å². The van der Waals surface area contributed by atoms with Gasteiger partial charge in [-0.05, 0) is 52.0 Å². The summed E-state index contributed by atoms with van der Waals surface area (Å²) >= 11 is 0. The van der Waals surface area contributed by atoms with Crippen LogP contribution in [0.1, 0.15) is 84.0 Å². The zero-order chi connectivity index (χ0) is 19.0. The molecule has 0 aromatic rings. The van der Waals surface area contributed by atoms with Crippen molar-refractivity contribution in [1.82, 2.24) is 4.90 Å². The molecular formula is C20H48N4O. The Balaban J connectivity index is 0. The molecule has 0 saturated heterocycles. The van der Waals surface area contributed by atoms with Crippen molar-refractivity contribution in [2.24, 2.45) is 17.2 Å². The second-order valence-electron chi connectivity index (χ2n) is 6.82. The molecule has 0 heterocycles. The summed E-state index contributed by atoms with van der Waals surface area (Å²) in [5.41, 5.74) is 16.0. The highest BCUT2D eigenvalue weighted by Gasteiger charge is 2.03. The molecule has 0 atom stereocenters. The number of hydrogen-bond acceptors (Lipinski definition) is 5. The van der Waals surface area contributed by atoms with E-state index in [2.05, 4.69) is 11.8 Å². The number of nitrogens with zero attached hydrogens (tertiary/aromatic N) is 1. The minimum Gasteiger partial charge on any atom is -0.395 e. The fourth-order valence-corrected chi connectivity index (χ4v) is 2.79. The Labute approximate surface area is 157 Å². The van der Waals surface area contributed by atoms with Crippen LogP contribution in [-0.4, -0.2) is 55.9 Å². The molecule has 0 aliphatic rings.